The van der Waals surface area contributed by atoms with Gasteiger partial charge in [-0.2, -0.15) is 13.2 Å². The fraction of sp³-hybridized carbons (Fsp3) is 0.700. The zero-order chi connectivity index (χ0) is 19.8. The molecule has 0 bridgehead atoms. The van der Waals surface area contributed by atoms with Gasteiger partial charge < -0.3 is 14.4 Å². The molecule has 2 aliphatic rings. The smallest absolute Gasteiger partial charge is 0.422 e. The van der Waals surface area contributed by atoms with Gasteiger partial charge in [-0.25, -0.2) is 0 Å². The van der Waals surface area contributed by atoms with E-state index < -0.39 is 12.8 Å². The van der Waals surface area contributed by atoms with Crippen molar-refractivity contribution in [2.75, 3.05) is 40.4 Å². The maximum absolute atomic E-state index is 12.5. The average Bonchev–Trinajstić information content (AvgIpc) is 2.58. The summed E-state index contributed by atoms with van der Waals surface area (Å²) in [6, 6.07) is 4.39. The summed E-state index contributed by atoms with van der Waals surface area (Å²) in [5, 5.41) is 0. The number of hydrogen-bond acceptors (Lipinski definition) is 4. The van der Waals surface area contributed by atoms with E-state index in [0.717, 1.165) is 37.2 Å². The zero-order valence-corrected chi connectivity index (χ0v) is 16.5. The third-order valence-electron chi connectivity index (χ3n) is 5.56. The van der Waals surface area contributed by atoms with Crippen molar-refractivity contribution in [3.05, 3.63) is 23.3 Å². The lowest BCUT2D eigenvalue weighted by molar-refractivity contribution is -0.153. The van der Waals surface area contributed by atoms with Crippen LogP contribution in [0.5, 0.6) is 11.5 Å². The number of ether oxygens (including phenoxy) is 2. The van der Waals surface area contributed by atoms with Crippen LogP contribution in [0.4, 0.5) is 13.2 Å². The third kappa shape index (κ3) is 4.69. The van der Waals surface area contributed by atoms with E-state index in [1.807, 2.05) is 6.07 Å². The first-order valence-electron chi connectivity index (χ1n) is 9.52. The van der Waals surface area contributed by atoms with Gasteiger partial charge in [0.25, 0.3) is 0 Å². The first-order valence-corrected chi connectivity index (χ1v) is 9.52. The number of rotatable bonds is 5. The summed E-state index contributed by atoms with van der Waals surface area (Å²) >= 11 is 0. The monoisotopic (exact) mass is 386 g/mol. The number of methoxy groups -OCH3 is 1. The number of benzene rings is 1. The Bertz CT molecular complexity index is 663. The van der Waals surface area contributed by atoms with E-state index in [-0.39, 0.29) is 11.8 Å². The van der Waals surface area contributed by atoms with Crippen molar-refractivity contribution < 1.29 is 22.6 Å². The van der Waals surface area contributed by atoms with Crippen LogP contribution in [0.25, 0.3) is 0 Å². The molecule has 0 unspecified atom stereocenters. The first kappa shape index (κ1) is 20.3. The molecule has 0 aromatic heterocycles. The molecule has 0 spiro atoms. The summed E-state index contributed by atoms with van der Waals surface area (Å²) < 4.78 is 47.9. The van der Waals surface area contributed by atoms with Gasteiger partial charge in [-0.1, -0.05) is 13.8 Å². The second-order valence-electron chi connectivity index (χ2n) is 8.09. The van der Waals surface area contributed by atoms with Gasteiger partial charge in [0.05, 0.1) is 7.11 Å². The minimum absolute atomic E-state index is 0.170. The standard InChI is InChI=1S/C20H29F3N2O2/c1-13(2)7-15-10-25-6-5-14-8-19(27-12-20(21,22)23)18(26-4)9-16(14)17(25)11-24(15)3/h8-9,13,15,17H,5-7,10-12H2,1-4H3/t15-,17-/m1/s1. The van der Waals surface area contributed by atoms with Crippen LogP contribution < -0.4 is 9.47 Å². The van der Waals surface area contributed by atoms with Gasteiger partial charge in [-0.15, -0.1) is 0 Å². The molecule has 0 N–H and O–H groups in total. The lowest BCUT2D eigenvalue weighted by Crippen LogP contribution is -2.55. The molecule has 1 saturated heterocycles. The Kier molecular flexibility index (Phi) is 5.91. The molecule has 0 radical (unpaired) electrons. The molecular weight excluding hydrogens is 357 g/mol. The van der Waals surface area contributed by atoms with Gasteiger partial charge >= 0.3 is 6.18 Å². The molecule has 7 heteroatoms. The summed E-state index contributed by atoms with van der Waals surface area (Å²) in [6.45, 7) is 6.05. The Labute approximate surface area is 159 Å². The van der Waals surface area contributed by atoms with Crippen molar-refractivity contribution in [1.29, 1.82) is 0 Å². The van der Waals surface area contributed by atoms with Crippen molar-refractivity contribution in [1.82, 2.24) is 9.80 Å². The molecule has 152 valence electrons. The number of likely N-dealkylation sites (N-methyl/N-ethyl adjacent to an activating group) is 1. The van der Waals surface area contributed by atoms with Crippen LogP contribution in [0.15, 0.2) is 12.1 Å². The maximum Gasteiger partial charge on any atom is 0.422 e. The summed E-state index contributed by atoms with van der Waals surface area (Å²) in [5.74, 6) is 1.19. The summed E-state index contributed by atoms with van der Waals surface area (Å²) in [5.41, 5.74) is 2.21. The SMILES string of the molecule is COc1cc2c(cc1OCC(F)(F)F)CCN1C[C@@H](CC(C)C)N(C)C[C@H]21. The topological polar surface area (TPSA) is 24.9 Å². The van der Waals surface area contributed by atoms with Gasteiger partial charge in [-0.05, 0) is 49.1 Å². The molecule has 1 aromatic rings. The third-order valence-corrected chi connectivity index (χ3v) is 5.56. The molecule has 4 nitrogen and oxygen atoms in total. The summed E-state index contributed by atoms with van der Waals surface area (Å²) in [4.78, 5) is 4.92. The van der Waals surface area contributed by atoms with E-state index in [0.29, 0.717) is 17.7 Å². The molecule has 3 rings (SSSR count). The number of nitrogens with zero attached hydrogens (tertiary/aromatic N) is 2. The Morgan fingerprint density at radius 3 is 2.56 bits per heavy atom. The van der Waals surface area contributed by atoms with Crippen LogP contribution in [0, 0.1) is 5.92 Å². The molecule has 2 atom stereocenters. The molecule has 1 fully saturated rings. The highest BCUT2D eigenvalue weighted by molar-refractivity contribution is 5.49. The van der Waals surface area contributed by atoms with Crippen molar-refractivity contribution in [3.8, 4) is 11.5 Å². The highest BCUT2D eigenvalue weighted by Crippen LogP contribution is 2.40. The van der Waals surface area contributed by atoms with Crippen molar-refractivity contribution in [3.63, 3.8) is 0 Å². The van der Waals surface area contributed by atoms with Gasteiger partial charge in [0, 0.05) is 31.7 Å². The normalized spacial score (nSPS) is 23.9. The van der Waals surface area contributed by atoms with Crippen LogP contribution in [0.1, 0.15) is 37.4 Å². The quantitative estimate of drug-likeness (QED) is 0.766. The predicted octanol–water partition coefficient (Wildman–Crippen LogP) is 3.90. The largest absolute Gasteiger partial charge is 0.493 e. The van der Waals surface area contributed by atoms with E-state index in [1.165, 1.54) is 13.5 Å². The molecule has 2 heterocycles. The van der Waals surface area contributed by atoms with E-state index >= 15 is 0 Å². The van der Waals surface area contributed by atoms with E-state index in [1.54, 1.807) is 6.07 Å². The Balaban J connectivity index is 1.82. The first-order chi connectivity index (χ1) is 12.7. The average molecular weight is 386 g/mol. The fourth-order valence-electron chi connectivity index (χ4n) is 4.26. The van der Waals surface area contributed by atoms with Crippen molar-refractivity contribution >= 4 is 0 Å². The highest BCUT2D eigenvalue weighted by atomic mass is 19.4. The Morgan fingerprint density at radius 2 is 1.93 bits per heavy atom. The number of hydrogen-bond donors (Lipinski definition) is 0. The molecular formula is C20H29F3N2O2. The Hall–Kier alpha value is -1.47. The minimum atomic E-state index is -4.37. The van der Waals surface area contributed by atoms with Gasteiger partial charge in [-0.3, -0.25) is 4.90 Å². The maximum atomic E-state index is 12.5. The molecule has 1 aromatic carbocycles. The van der Waals surface area contributed by atoms with E-state index in [4.69, 9.17) is 9.47 Å². The van der Waals surface area contributed by atoms with Gasteiger partial charge in [0.1, 0.15) is 0 Å². The van der Waals surface area contributed by atoms with Crippen LogP contribution in [-0.2, 0) is 6.42 Å². The number of piperazine rings is 1. The van der Waals surface area contributed by atoms with Crippen LogP contribution in [-0.4, -0.2) is 62.4 Å². The lowest BCUT2D eigenvalue weighted by atomic mass is 9.88. The van der Waals surface area contributed by atoms with Gasteiger partial charge in [0.2, 0.25) is 0 Å². The Morgan fingerprint density at radius 1 is 1.19 bits per heavy atom. The highest BCUT2D eigenvalue weighted by Gasteiger charge is 2.37. The second kappa shape index (κ2) is 7.87. The molecule has 27 heavy (non-hydrogen) atoms. The van der Waals surface area contributed by atoms with Gasteiger partial charge in [0.15, 0.2) is 18.1 Å². The minimum Gasteiger partial charge on any atom is -0.493 e. The lowest BCUT2D eigenvalue weighted by Gasteiger charge is -2.48. The number of fused-ring (bicyclic) bond motifs is 3. The van der Waals surface area contributed by atoms with E-state index in [2.05, 4.69) is 30.7 Å². The van der Waals surface area contributed by atoms with Crippen molar-refractivity contribution in [2.24, 2.45) is 5.92 Å². The molecule has 0 saturated carbocycles. The number of halogens is 3. The fourth-order valence-corrected chi connectivity index (χ4v) is 4.26. The summed E-state index contributed by atoms with van der Waals surface area (Å²) in [7, 11) is 3.63. The second-order valence-corrected chi connectivity index (χ2v) is 8.09. The van der Waals surface area contributed by atoms with Crippen LogP contribution >= 0.6 is 0 Å². The van der Waals surface area contributed by atoms with E-state index in [9.17, 15) is 13.2 Å². The zero-order valence-electron chi connectivity index (χ0n) is 16.5. The number of alkyl halides is 3. The van der Waals surface area contributed by atoms with Crippen molar-refractivity contribution in [2.45, 2.75) is 44.9 Å². The predicted molar refractivity (Wildman–Crippen MR) is 98.4 cm³/mol. The molecule has 0 aliphatic carbocycles. The van der Waals surface area contributed by atoms with Crippen LogP contribution in [0.3, 0.4) is 0 Å². The molecule has 0 amide bonds. The summed E-state index contributed by atoms with van der Waals surface area (Å²) in [6.07, 6.45) is -2.38. The molecule has 2 aliphatic heterocycles. The van der Waals surface area contributed by atoms with Crippen LogP contribution in [0.2, 0.25) is 0 Å².